The molecular formula is C26H30ClF3N2O4. The Kier molecular flexibility index (Phi) is 8.90. The van der Waals surface area contributed by atoms with Gasteiger partial charge in [0, 0.05) is 30.7 Å². The first-order valence-electron chi connectivity index (χ1n) is 12.0. The summed E-state index contributed by atoms with van der Waals surface area (Å²) < 4.78 is 51.4. The average molecular weight is 527 g/mol. The molecule has 2 fully saturated rings. The second-order valence-corrected chi connectivity index (χ2v) is 9.80. The minimum absolute atomic E-state index is 0.109. The van der Waals surface area contributed by atoms with E-state index < -0.39 is 17.8 Å². The van der Waals surface area contributed by atoms with Gasteiger partial charge in [0.05, 0.1) is 43.5 Å². The molecule has 6 nitrogen and oxygen atoms in total. The molecular weight excluding hydrogens is 497 g/mol. The molecule has 2 aromatic rings. The van der Waals surface area contributed by atoms with Crippen molar-refractivity contribution in [3.05, 3.63) is 70.2 Å². The molecule has 0 spiro atoms. The maximum atomic E-state index is 13.2. The van der Waals surface area contributed by atoms with E-state index in [4.69, 9.17) is 21.1 Å². The van der Waals surface area contributed by atoms with Gasteiger partial charge in [-0.3, -0.25) is 9.69 Å². The summed E-state index contributed by atoms with van der Waals surface area (Å²) in [6, 6.07) is 12.3. The van der Waals surface area contributed by atoms with Gasteiger partial charge in [0.1, 0.15) is 0 Å². The van der Waals surface area contributed by atoms with Crippen LogP contribution in [0.3, 0.4) is 0 Å². The fourth-order valence-corrected chi connectivity index (χ4v) is 4.92. The smallest absolute Gasteiger partial charge is 0.389 e. The van der Waals surface area contributed by atoms with Crippen molar-refractivity contribution in [2.45, 2.75) is 62.9 Å². The van der Waals surface area contributed by atoms with Gasteiger partial charge in [-0.25, -0.2) is 0 Å². The second-order valence-electron chi connectivity index (χ2n) is 9.37. The summed E-state index contributed by atoms with van der Waals surface area (Å²) in [4.78, 5) is 14.5. The Hall–Kier alpha value is -2.17. The third-order valence-corrected chi connectivity index (χ3v) is 6.80. The van der Waals surface area contributed by atoms with Crippen LogP contribution in [0.1, 0.15) is 36.0 Å². The molecule has 2 aromatic carbocycles. The normalized spacial score (nSPS) is 25.5. The van der Waals surface area contributed by atoms with E-state index in [1.165, 1.54) is 6.07 Å². The number of β-amino-alcohol motifs (C(OH)–C–C–N with tert-alkyl or cyclic N) is 1. The number of carbonyl (C=O) groups is 1. The molecule has 36 heavy (non-hydrogen) atoms. The van der Waals surface area contributed by atoms with Crippen LogP contribution >= 0.6 is 11.6 Å². The molecule has 0 bridgehead atoms. The first-order chi connectivity index (χ1) is 17.2. The van der Waals surface area contributed by atoms with Gasteiger partial charge in [0.2, 0.25) is 5.91 Å². The number of hydrogen-bond donors (Lipinski definition) is 2. The molecule has 2 N–H and O–H groups in total. The molecule has 1 amide bonds. The number of ether oxygens (including phenoxy) is 2. The van der Waals surface area contributed by atoms with E-state index in [0.717, 1.165) is 17.7 Å². The summed E-state index contributed by atoms with van der Waals surface area (Å²) >= 11 is 5.89. The second kappa shape index (κ2) is 11.9. The van der Waals surface area contributed by atoms with Crippen LogP contribution in [0.2, 0.25) is 5.02 Å². The predicted octanol–water partition coefficient (Wildman–Crippen LogP) is 4.17. The molecule has 196 valence electrons. The average Bonchev–Trinajstić information content (AvgIpc) is 2.82. The van der Waals surface area contributed by atoms with E-state index in [2.05, 4.69) is 5.32 Å². The molecule has 10 heteroatoms. The zero-order valence-corrected chi connectivity index (χ0v) is 20.5. The van der Waals surface area contributed by atoms with Crippen LogP contribution in [0.15, 0.2) is 48.5 Å². The van der Waals surface area contributed by atoms with Crippen molar-refractivity contribution < 1.29 is 32.5 Å². The first kappa shape index (κ1) is 26.9. The largest absolute Gasteiger partial charge is 0.416 e. The Morgan fingerprint density at radius 1 is 1.11 bits per heavy atom. The first-order valence-corrected chi connectivity index (χ1v) is 12.4. The third-order valence-electron chi connectivity index (χ3n) is 6.54. The highest BCUT2D eigenvalue weighted by atomic mass is 35.5. The summed E-state index contributed by atoms with van der Waals surface area (Å²) in [7, 11) is 0. The van der Waals surface area contributed by atoms with Crippen molar-refractivity contribution in [2.75, 3.05) is 19.8 Å². The number of alkyl halides is 3. The van der Waals surface area contributed by atoms with Crippen LogP contribution in [-0.4, -0.2) is 60.0 Å². The number of benzene rings is 2. The van der Waals surface area contributed by atoms with Crippen molar-refractivity contribution in [2.24, 2.45) is 0 Å². The number of hydrogen-bond acceptors (Lipinski definition) is 5. The topological polar surface area (TPSA) is 71.0 Å². The quantitative estimate of drug-likeness (QED) is 0.591. The number of amides is 1. The van der Waals surface area contributed by atoms with Crippen molar-refractivity contribution in [1.29, 1.82) is 0 Å². The standard InChI is InChI=1S/C26H30ClF3N2O4/c27-20-6-4-17(5-7-20)12-31-25(34)11-22-8-9-23-24(36-22)16-35-15-21(33)14-32(23)13-18-2-1-3-19(10-18)26(28,29)30/h1-7,10,21-24,33H,8-9,11-16H2,(H,31,34)/t21-,22-,23-,24+/m1/s1. The molecule has 0 aliphatic carbocycles. The van der Waals surface area contributed by atoms with E-state index >= 15 is 0 Å². The van der Waals surface area contributed by atoms with Crippen LogP contribution in [0.25, 0.3) is 0 Å². The van der Waals surface area contributed by atoms with E-state index in [9.17, 15) is 23.1 Å². The van der Waals surface area contributed by atoms with E-state index in [-0.39, 0.29) is 56.9 Å². The number of aliphatic hydroxyl groups excluding tert-OH is 1. The number of aliphatic hydroxyl groups is 1. The van der Waals surface area contributed by atoms with Gasteiger partial charge in [0.25, 0.3) is 0 Å². The minimum atomic E-state index is -4.42. The van der Waals surface area contributed by atoms with E-state index in [0.29, 0.717) is 30.0 Å². The van der Waals surface area contributed by atoms with E-state index in [1.807, 2.05) is 17.0 Å². The lowest BCUT2D eigenvalue weighted by molar-refractivity contribution is -0.158. The molecule has 2 heterocycles. The van der Waals surface area contributed by atoms with Gasteiger partial charge in [-0.05, 0) is 42.2 Å². The summed E-state index contributed by atoms with van der Waals surface area (Å²) in [5.41, 5.74) is 0.757. The number of rotatable bonds is 6. The van der Waals surface area contributed by atoms with Crippen LogP contribution in [0, 0.1) is 0 Å². The van der Waals surface area contributed by atoms with Gasteiger partial charge in [-0.1, -0.05) is 41.9 Å². The molecule has 0 unspecified atom stereocenters. The highest BCUT2D eigenvalue weighted by Gasteiger charge is 2.38. The van der Waals surface area contributed by atoms with Crippen molar-refractivity contribution in [3.8, 4) is 0 Å². The number of halogens is 4. The fourth-order valence-electron chi connectivity index (χ4n) is 4.79. The molecule has 0 saturated carbocycles. The van der Waals surface area contributed by atoms with Gasteiger partial charge in [-0.15, -0.1) is 0 Å². The maximum absolute atomic E-state index is 13.2. The Morgan fingerprint density at radius 2 is 1.89 bits per heavy atom. The maximum Gasteiger partial charge on any atom is 0.416 e. The van der Waals surface area contributed by atoms with Gasteiger partial charge >= 0.3 is 6.18 Å². The predicted molar refractivity (Wildman–Crippen MR) is 128 cm³/mol. The van der Waals surface area contributed by atoms with Gasteiger partial charge in [0.15, 0.2) is 0 Å². The van der Waals surface area contributed by atoms with Crippen LogP contribution in [-0.2, 0) is 33.5 Å². The Bertz CT molecular complexity index is 1020. The lowest BCUT2D eigenvalue weighted by Gasteiger charge is -2.44. The number of nitrogens with one attached hydrogen (secondary N) is 1. The number of nitrogens with zero attached hydrogens (tertiary/aromatic N) is 1. The Morgan fingerprint density at radius 3 is 2.64 bits per heavy atom. The molecule has 2 aliphatic rings. The Balaban J connectivity index is 1.37. The highest BCUT2D eigenvalue weighted by molar-refractivity contribution is 6.30. The van der Waals surface area contributed by atoms with Crippen LogP contribution < -0.4 is 5.32 Å². The lowest BCUT2D eigenvalue weighted by Crippen LogP contribution is -2.55. The van der Waals surface area contributed by atoms with Crippen molar-refractivity contribution >= 4 is 17.5 Å². The van der Waals surface area contributed by atoms with Gasteiger partial charge < -0.3 is 19.9 Å². The highest BCUT2D eigenvalue weighted by Crippen LogP contribution is 2.32. The zero-order valence-electron chi connectivity index (χ0n) is 19.7. The number of fused-ring (bicyclic) bond motifs is 1. The summed E-state index contributed by atoms with van der Waals surface area (Å²) in [5.74, 6) is -0.128. The molecule has 4 rings (SSSR count). The summed E-state index contributed by atoms with van der Waals surface area (Å²) in [5, 5.41) is 13.9. The molecule has 0 aromatic heterocycles. The SMILES string of the molecule is O=C(C[C@H]1CC[C@@H]2[C@H](COC[C@H](O)CN2Cc2cccc(C(F)(F)F)c2)O1)NCc1ccc(Cl)cc1. The molecule has 2 aliphatic heterocycles. The van der Waals surface area contributed by atoms with Gasteiger partial charge in [-0.2, -0.15) is 13.2 Å². The summed E-state index contributed by atoms with van der Waals surface area (Å²) in [6.45, 7) is 1.24. The Labute approximate surface area is 213 Å². The zero-order chi connectivity index (χ0) is 25.7. The molecule has 2 saturated heterocycles. The lowest BCUT2D eigenvalue weighted by atomic mass is 9.94. The molecule has 0 radical (unpaired) electrons. The van der Waals surface area contributed by atoms with Crippen molar-refractivity contribution in [3.63, 3.8) is 0 Å². The third kappa shape index (κ3) is 7.43. The summed E-state index contributed by atoms with van der Waals surface area (Å²) in [6.07, 6.45) is -4.33. The monoisotopic (exact) mass is 526 g/mol. The molecule has 4 atom stereocenters. The van der Waals surface area contributed by atoms with Crippen molar-refractivity contribution in [1.82, 2.24) is 10.2 Å². The van der Waals surface area contributed by atoms with Crippen LogP contribution in [0.4, 0.5) is 13.2 Å². The minimum Gasteiger partial charge on any atom is -0.389 e. The van der Waals surface area contributed by atoms with E-state index in [1.54, 1.807) is 18.2 Å². The van der Waals surface area contributed by atoms with Crippen LogP contribution in [0.5, 0.6) is 0 Å². The fraction of sp³-hybridized carbons (Fsp3) is 0.500. The number of carbonyl (C=O) groups excluding carboxylic acids is 1.